The highest BCUT2D eigenvalue weighted by atomic mass is 16.5. The Labute approximate surface area is 141 Å². The number of pyridine rings is 1. The Balaban J connectivity index is 1.81. The Morgan fingerprint density at radius 3 is 2.75 bits per heavy atom. The third-order valence-electron chi connectivity index (χ3n) is 4.90. The number of amides is 1. The molecule has 1 aliphatic carbocycles. The van der Waals surface area contributed by atoms with Crippen molar-refractivity contribution in [2.24, 2.45) is 11.0 Å². The topological polar surface area (TPSA) is 54.8 Å². The Morgan fingerprint density at radius 1 is 1.25 bits per heavy atom. The van der Waals surface area contributed by atoms with Crippen LogP contribution in [0.25, 0.3) is 0 Å². The van der Waals surface area contributed by atoms with Crippen molar-refractivity contribution in [1.29, 1.82) is 0 Å². The van der Waals surface area contributed by atoms with Gasteiger partial charge in [-0.1, -0.05) is 6.07 Å². The fraction of sp³-hybridized carbons (Fsp3) is 0.316. The zero-order valence-electron chi connectivity index (χ0n) is 13.8. The van der Waals surface area contributed by atoms with Crippen LogP contribution in [0.2, 0.25) is 0 Å². The van der Waals surface area contributed by atoms with E-state index in [1.807, 2.05) is 24.3 Å². The molecule has 0 unspecified atom stereocenters. The van der Waals surface area contributed by atoms with Gasteiger partial charge in [0.1, 0.15) is 5.75 Å². The van der Waals surface area contributed by atoms with E-state index in [2.05, 4.69) is 11.1 Å². The molecule has 5 nitrogen and oxygen atoms in total. The second-order valence-corrected chi connectivity index (χ2v) is 6.24. The van der Waals surface area contributed by atoms with Crippen LogP contribution in [-0.4, -0.2) is 28.7 Å². The SMILES string of the molecule is COc1ccc2c(c1)C1=NN(C(C)=O)[C@@H](c3ccncc3)[C@@H]1CC2. The lowest BCUT2D eigenvalue weighted by molar-refractivity contribution is -0.131. The molecule has 0 radical (unpaired) electrons. The lowest BCUT2D eigenvalue weighted by Gasteiger charge is -2.29. The largest absolute Gasteiger partial charge is 0.497 e. The summed E-state index contributed by atoms with van der Waals surface area (Å²) in [6.07, 6.45) is 5.50. The number of hydrazone groups is 1. The summed E-state index contributed by atoms with van der Waals surface area (Å²) in [6, 6.07) is 10.0. The number of benzene rings is 1. The average molecular weight is 321 g/mol. The van der Waals surface area contributed by atoms with E-state index in [1.54, 1.807) is 31.4 Å². The molecule has 0 fully saturated rings. The van der Waals surface area contributed by atoms with Gasteiger partial charge in [-0.2, -0.15) is 5.10 Å². The number of hydrogen-bond donors (Lipinski definition) is 0. The highest BCUT2D eigenvalue weighted by Gasteiger charge is 2.43. The molecule has 0 saturated carbocycles. The molecule has 4 rings (SSSR count). The maximum absolute atomic E-state index is 12.2. The first kappa shape index (κ1) is 14.9. The molecule has 1 aromatic carbocycles. The Morgan fingerprint density at radius 2 is 2.04 bits per heavy atom. The summed E-state index contributed by atoms with van der Waals surface area (Å²) >= 11 is 0. The quantitative estimate of drug-likeness (QED) is 0.854. The van der Waals surface area contributed by atoms with E-state index in [-0.39, 0.29) is 17.9 Å². The van der Waals surface area contributed by atoms with Crippen molar-refractivity contribution in [2.75, 3.05) is 7.11 Å². The van der Waals surface area contributed by atoms with Crippen LogP contribution < -0.4 is 4.74 Å². The van der Waals surface area contributed by atoms with Crippen molar-refractivity contribution in [3.63, 3.8) is 0 Å². The number of rotatable bonds is 2. The van der Waals surface area contributed by atoms with Crippen LogP contribution in [0.5, 0.6) is 5.75 Å². The predicted molar refractivity (Wildman–Crippen MR) is 90.8 cm³/mol. The highest BCUT2D eigenvalue weighted by Crippen LogP contribution is 2.43. The maximum Gasteiger partial charge on any atom is 0.240 e. The number of carbonyl (C=O) groups is 1. The van der Waals surface area contributed by atoms with Crippen molar-refractivity contribution in [3.8, 4) is 5.75 Å². The van der Waals surface area contributed by atoms with Crippen molar-refractivity contribution in [2.45, 2.75) is 25.8 Å². The fourth-order valence-corrected chi connectivity index (χ4v) is 3.77. The summed E-state index contributed by atoms with van der Waals surface area (Å²) in [6.45, 7) is 1.57. The maximum atomic E-state index is 12.2. The monoisotopic (exact) mass is 321 g/mol. The van der Waals surface area contributed by atoms with E-state index in [4.69, 9.17) is 9.84 Å². The van der Waals surface area contributed by atoms with E-state index in [9.17, 15) is 4.79 Å². The lowest BCUT2D eigenvalue weighted by atomic mass is 9.77. The average Bonchev–Trinajstić information content (AvgIpc) is 3.02. The van der Waals surface area contributed by atoms with E-state index in [0.29, 0.717) is 0 Å². The minimum absolute atomic E-state index is 0.0387. The van der Waals surface area contributed by atoms with Gasteiger partial charge in [-0.3, -0.25) is 9.78 Å². The molecule has 122 valence electrons. The van der Waals surface area contributed by atoms with Gasteiger partial charge in [0, 0.05) is 30.8 Å². The zero-order chi connectivity index (χ0) is 16.7. The number of hydrogen-bond acceptors (Lipinski definition) is 4. The highest BCUT2D eigenvalue weighted by molar-refractivity contribution is 6.07. The van der Waals surface area contributed by atoms with Crippen LogP contribution in [0, 0.1) is 5.92 Å². The van der Waals surface area contributed by atoms with Gasteiger partial charge in [0.15, 0.2) is 0 Å². The molecule has 1 aliphatic heterocycles. The second-order valence-electron chi connectivity index (χ2n) is 6.24. The summed E-state index contributed by atoms with van der Waals surface area (Å²) in [4.78, 5) is 16.3. The minimum Gasteiger partial charge on any atom is -0.497 e. The summed E-state index contributed by atoms with van der Waals surface area (Å²) in [5.41, 5.74) is 4.44. The molecular weight excluding hydrogens is 302 g/mol. The van der Waals surface area contributed by atoms with E-state index in [1.165, 1.54) is 5.56 Å². The molecule has 2 aliphatic rings. The molecule has 2 heterocycles. The molecule has 24 heavy (non-hydrogen) atoms. The molecule has 1 amide bonds. The third kappa shape index (κ3) is 2.28. The van der Waals surface area contributed by atoms with Crippen molar-refractivity contribution >= 4 is 11.6 Å². The van der Waals surface area contributed by atoms with Gasteiger partial charge in [0.2, 0.25) is 5.91 Å². The van der Waals surface area contributed by atoms with Crippen LogP contribution in [0.4, 0.5) is 0 Å². The lowest BCUT2D eigenvalue weighted by Crippen LogP contribution is -2.31. The van der Waals surface area contributed by atoms with Gasteiger partial charge in [-0.15, -0.1) is 0 Å². The zero-order valence-corrected chi connectivity index (χ0v) is 13.8. The standard InChI is InChI=1S/C19H19N3O2/c1-12(23)22-19(14-7-9-20-10-8-14)16-6-4-13-3-5-15(24-2)11-17(13)18(16)21-22/h3,5,7-11,16,19H,4,6H2,1-2H3/t16-,19+/m1/s1. The number of ether oxygens (including phenoxy) is 1. The summed E-state index contributed by atoms with van der Waals surface area (Å²) in [5.74, 6) is 0.984. The third-order valence-corrected chi connectivity index (χ3v) is 4.90. The van der Waals surface area contributed by atoms with Crippen molar-refractivity contribution < 1.29 is 9.53 Å². The molecule has 0 bridgehead atoms. The minimum atomic E-state index is -0.0557. The van der Waals surface area contributed by atoms with Gasteiger partial charge >= 0.3 is 0 Å². The van der Waals surface area contributed by atoms with Crippen LogP contribution in [-0.2, 0) is 11.2 Å². The first-order valence-electron chi connectivity index (χ1n) is 8.14. The molecule has 5 heteroatoms. The molecule has 2 aromatic rings. The number of aryl methyl sites for hydroxylation is 1. The number of fused-ring (bicyclic) bond motifs is 3. The summed E-state index contributed by atoms with van der Waals surface area (Å²) < 4.78 is 5.37. The molecule has 2 atom stereocenters. The van der Waals surface area contributed by atoms with Crippen LogP contribution in [0.3, 0.4) is 0 Å². The molecule has 0 saturated heterocycles. The summed E-state index contributed by atoms with van der Waals surface area (Å²) in [7, 11) is 1.67. The molecule has 1 aromatic heterocycles. The van der Waals surface area contributed by atoms with Crippen LogP contribution >= 0.6 is 0 Å². The fourth-order valence-electron chi connectivity index (χ4n) is 3.77. The first-order valence-corrected chi connectivity index (χ1v) is 8.14. The molecule has 0 N–H and O–H groups in total. The van der Waals surface area contributed by atoms with E-state index < -0.39 is 0 Å². The van der Waals surface area contributed by atoms with Gasteiger partial charge in [-0.05, 0) is 48.2 Å². The van der Waals surface area contributed by atoms with Gasteiger partial charge in [0.05, 0.1) is 18.9 Å². The van der Waals surface area contributed by atoms with Crippen molar-refractivity contribution in [1.82, 2.24) is 9.99 Å². The van der Waals surface area contributed by atoms with Gasteiger partial charge in [0.25, 0.3) is 0 Å². The Hall–Kier alpha value is -2.69. The molecule has 0 spiro atoms. The van der Waals surface area contributed by atoms with Gasteiger partial charge < -0.3 is 4.74 Å². The van der Waals surface area contributed by atoms with Crippen molar-refractivity contribution in [3.05, 3.63) is 59.4 Å². The summed E-state index contributed by atoms with van der Waals surface area (Å²) in [5, 5.41) is 6.34. The number of methoxy groups -OCH3 is 1. The van der Waals surface area contributed by atoms with E-state index >= 15 is 0 Å². The number of aromatic nitrogens is 1. The Bertz CT molecular complexity index is 817. The van der Waals surface area contributed by atoms with Gasteiger partial charge in [-0.25, -0.2) is 5.01 Å². The first-order chi connectivity index (χ1) is 11.7. The van der Waals surface area contributed by atoms with Crippen LogP contribution in [0.15, 0.2) is 47.8 Å². The van der Waals surface area contributed by atoms with E-state index in [0.717, 1.165) is 35.4 Å². The smallest absolute Gasteiger partial charge is 0.240 e. The number of nitrogens with zero attached hydrogens (tertiary/aromatic N) is 3. The van der Waals surface area contributed by atoms with Crippen LogP contribution in [0.1, 0.15) is 36.1 Å². The Kier molecular flexibility index (Phi) is 3.56. The predicted octanol–water partition coefficient (Wildman–Crippen LogP) is 2.96. The number of carbonyl (C=O) groups excluding carboxylic acids is 1. The normalized spacial score (nSPS) is 21.8. The second kappa shape index (κ2) is 5.74. The molecular formula is C19H19N3O2.